The van der Waals surface area contributed by atoms with Gasteiger partial charge in [-0.1, -0.05) is 33.1 Å². The van der Waals surface area contributed by atoms with Crippen LogP contribution in [0.2, 0.25) is 0 Å². The van der Waals surface area contributed by atoms with E-state index in [1.807, 2.05) is 12.1 Å². The minimum atomic E-state index is -0.359. The van der Waals surface area contributed by atoms with Crippen molar-refractivity contribution >= 4 is 17.6 Å². The number of imide groups is 1. The molecule has 3 aliphatic heterocycles. The fraction of sp³-hybridized carbons (Fsp3) is 0.652. The number of rotatable bonds is 7. The SMILES string of the molecule is CCCCCCN1C(=O)C2C(NC3N(c4ccc(OC)cc4)CC(C)CN23)N(C)C1=O. The number of hydrogen-bond acceptors (Lipinski definition) is 6. The molecule has 170 valence electrons. The fourth-order valence-electron chi connectivity index (χ4n) is 5.10. The molecule has 0 aliphatic carbocycles. The molecule has 0 radical (unpaired) electrons. The minimum absolute atomic E-state index is 0.0663. The third-order valence-corrected chi connectivity index (χ3v) is 6.72. The quantitative estimate of drug-likeness (QED) is 0.672. The number of nitrogens with zero attached hydrogens (tertiary/aromatic N) is 4. The van der Waals surface area contributed by atoms with Gasteiger partial charge < -0.3 is 14.5 Å². The second kappa shape index (κ2) is 9.04. The number of methoxy groups -OCH3 is 1. The van der Waals surface area contributed by atoms with Gasteiger partial charge in [-0.2, -0.15) is 0 Å². The second-order valence-corrected chi connectivity index (χ2v) is 9.03. The highest BCUT2D eigenvalue weighted by Crippen LogP contribution is 2.35. The van der Waals surface area contributed by atoms with Gasteiger partial charge in [0.2, 0.25) is 0 Å². The van der Waals surface area contributed by atoms with Gasteiger partial charge in [0.25, 0.3) is 5.91 Å². The zero-order chi connectivity index (χ0) is 22.1. The predicted molar refractivity (Wildman–Crippen MR) is 120 cm³/mol. The lowest BCUT2D eigenvalue weighted by atomic mass is 10.0. The molecule has 3 saturated heterocycles. The molecule has 1 aromatic carbocycles. The molecule has 8 nitrogen and oxygen atoms in total. The van der Waals surface area contributed by atoms with Crippen molar-refractivity contribution in [3.05, 3.63) is 24.3 Å². The lowest BCUT2D eigenvalue weighted by Gasteiger charge is -2.46. The Balaban J connectivity index is 1.57. The number of urea groups is 1. The van der Waals surface area contributed by atoms with E-state index >= 15 is 0 Å². The van der Waals surface area contributed by atoms with E-state index in [4.69, 9.17) is 4.74 Å². The van der Waals surface area contributed by atoms with E-state index in [0.717, 1.165) is 50.2 Å². The monoisotopic (exact) mass is 429 g/mol. The number of nitrogens with one attached hydrogen (secondary N) is 1. The third kappa shape index (κ3) is 3.99. The number of ether oxygens (including phenoxy) is 1. The number of hydrogen-bond donors (Lipinski definition) is 1. The van der Waals surface area contributed by atoms with Crippen LogP contribution in [0.1, 0.15) is 39.5 Å². The Morgan fingerprint density at radius 1 is 1.10 bits per heavy atom. The molecule has 4 unspecified atom stereocenters. The molecular formula is C23H35N5O3. The molecule has 3 heterocycles. The van der Waals surface area contributed by atoms with E-state index in [9.17, 15) is 9.59 Å². The van der Waals surface area contributed by atoms with Crippen LogP contribution in [-0.4, -0.2) is 78.9 Å². The Labute approximate surface area is 185 Å². The molecule has 31 heavy (non-hydrogen) atoms. The number of carbonyl (C=O) groups is 2. The van der Waals surface area contributed by atoms with Gasteiger partial charge in [0.15, 0.2) is 0 Å². The van der Waals surface area contributed by atoms with Gasteiger partial charge in [0.05, 0.1) is 7.11 Å². The molecule has 3 fully saturated rings. The van der Waals surface area contributed by atoms with Crippen LogP contribution in [0.15, 0.2) is 24.3 Å². The van der Waals surface area contributed by atoms with E-state index in [1.165, 1.54) is 4.90 Å². The molecule has 1 aromatic rings. The number of likely N-dealkylation sites (N-methyl/N-ethyl adjacent to an activating group) is 1. The van der Waals surface area contributed by atoms with Gasteiger partial charge >= 0.3 is 6.03 Å². The number of amides is 3. The van der Waals surface area contributed by atoms with Crippen molar-refractivity contribution in [1.29, 1.82) is 0 Å². The molecule has 0 aromatic heterocycles. The Hall–Kier alpha value is -2.32. The molecule has 4 atom stereocenters. The number of unbranched alkanes of at least 4 members (excludes halogenated alkanes) is 3. The van der Waals surface area contributed by atoms with Gasteiger partial charge in [-0.25, -0.2) is 4.79 Å². The Bertz CT molecular complexity index is 801. The van der Waals surface area contributed by atoms with E-state index in [0.29, 0.717) is 12.5 Å². The summed E-state index contributed by atoms with van der Waals surface area (Å²) in [5.74, 6) is 1.15. The first-order valence-corrected chi connectivity index (χ1v) is 11.5. The summed E-state index contributed by atoms with van der Waals surface area (Å²) in [6.45, 7) is 6.58. The average Bonchev–Trinajstić information content (AvgIpc) is 3.16. The van der Waals surface area contributed by atoms with Crippen molar-refractivity contribution in [3.8, 4) is 5.75 Å². The molecule has 4 rings (SSSR count). The summed E-state index contributed by atoms with van der Waals surface area (Å²) in [4.78, 5) is 34.2. The molecule has 3 amide bonds. The summed E-state index contributed by atoms with van der Waals surface area (Å²) in [5, 5.41) is 3.58. The van der Waals surface area contributed by atoms with E-state index < -0.39 is 0 Å². The second-order valence-electron chi connectivity index (χ2n) is 9.03. The number of carbonyl (C=O) groups excluding carboxylic acids is 2. The molecule has 8 heteroatoms. The van der Waals surface area contributed by atoms with Gasteiger partial charge in [0.1, 0.15) is 24.2 Å². The van der Waals surface area contributed by atoms with Crippen molar-refractivity contribution in [2.24, 2.45) is 5.92 Å². The predicted octanol–water partition coefficient (Wildman–Crippen LogP) is 2.51. The maximum Gasteiger partial charge on any atom is 0.327 e. The molecule has 1 N–H and O–H groups in total. The van der Waals surface area contributed by atoms with Crippen LogP contribution >= 0.6 is 0 Å². The van der Waals surface area contributed by atoms with Crippen molar-refractivity contribution in [3.63, 3.8) is 0 Å². The molecule has 0 saturated carbocycles. The van der Waals surface area contributed by atoms with Gasteiger partial charge in [-0.05, 0) is 36.6 Å². The summed E-state index contributed by atoms with van der Waals surface area (Å²) < 4.78 is 5.30. The molecular weight excluding hydrogens is 394 g/mol. The first kappa shape index (κ1) is 21.9. The minimum Gasteiger partial charge on any atom is -0.497 e. The van der Waals surface area contributed by atoms with Gasteiger partial charge in [-0.15, -0.1) is 0 Å². The van der Waals surface area contributed by atoms with E-state index in [-0.39, 0.29) is 30.4 Å². The Morgan fingerprint density at radius 3 is 2.52 bits per heavy atom. The zero-order valence-electron chi connectivity index (χ0n) is 19.1. The fourth-order valence-corrected chi connectivity index (χ4v) is 5.10. The summed E-state index contributed by atoms with van der Waals surface area (Å²) in [5.41, 5.74) is 1.08. The zero-order valence-corrected chi connectivity index (χ0v) is 19.1. The lowest BCUT2D eigenvalue weighted by molar-refractivity contribution is -0.138. The van der Waals surface area contributed by atoms with Crippen molar-refractivity contribution in [1.82, 2.24) is 20.0 Å². The standard InChI is InChI=1S/C23H35N5O3/c1-5-6-7-8-13-26-21(29)19-20(25(3)23(26)30)24-22-27(14-16(2)15-28(19)22)17-9-11-18(31-4)12-10-17/h9-12,16,19-20,22,24H,5-8,13-15H2,1-4H3. The number of fused-ring (bicyclic) bond motifs is 3. The smallest absolute Gasteiger partial charge is 0.327 e. The highest BCUT2D eigenvalue weighted by atomic mass is 16.5. The molecule has 3 aliphatic rings. The van der Waals surface area contributed by atoms with Gasteiger partial charge in [0, 0.05) is 32.4 Å². The Morgan fingerprint density at radius 2 is 1.84 bits per heavy atom. The maximum atomic E-state index is 13.5. The third-order valence-electron chi connectivity index (χ3n) is 6.72. The van der Waals surface area contributed by atoms with Crippen molar-refractivity contribution in [2.45, 2.75) is 58.0 Å². The topological polar surface area (TPSA) is 68.4 Å². The average molecular weight is 430 g/mol. The first-order chi connectivity index (χ1) is 15.0. The van der Waals surface area contributed by atoms with Crippen LogP contribution in [0.25, 0.3) is 0 Å². The van der Waals surface area contributed by atoms with Crippen LogP contribution < -0.4 is 15.0 Å². The van der Waals surface area contributed by atoms with Crippen LogP contribution in [0.3, 0.4) is 0 Å². The first-order valence-electron chi connectivity index (χ1n) is 11.5. The molecule has 0 bridgehead atoms. The van der Waals surface area contributed by atoms with Crippen molar-refractivity contribution in [2.75, 3.05) is 38.7 Å². The number of anilines is 1. The van der Waals surface area contributed by atoms with E-state index in [2.05, 4.69) is 41.1 Å². The number of benzene rings is 1. The normalized spacial score (nSPS) is 28.7. The summed E-state index contributed by atoms with van der Waals surface area (Å²) in [7, 11) is 3.47. The van der Waals surface area contributed by atoms with Crippen LogP contribution in [0.5, 0.6) is 5.75 Å². The Kier molecular flexibility index (Phi) is 6.39. The van der Waals surface area contributed by atoms with Crippen LogP contribution in [0.4, 0.5) is 10.5 Å². The molecule has 0 spiro atoms. The summed E-state index contributed by atoms with van der Waals surface area (Å²) in [6, 6.07) is 7.46. The van der Waals surface area contributed by atoms with E-state index in [1.54, 1.807) is 19.1 Å². The maximum absolute atomic E-state index is 13.5. The van der Waals surface area contributed by atoms with Crippen LogP contribution in [0, 0.1) is 5.92 Å². The highest BCUT2D eigenvalue weighted by Gasteiger charge is 2.56. The van der Waals surface area contributed by atoms with Crippen molar-refractivity contribution < 1.29 is 14.3 Å². The lowest BCUT2D eigenvalue weighted by Crippen LogP contribution is -2.66. The van der Waals surface area contributed by atoms with Crippen LogP contribution in [-0.2, 0) is 4.79 Å². The van der Waals surface area contributed by atoms with Gasteiger partial charge in [-0.3, -0.25) is 19.9 Å². The summed E-state index contributed by atoms with van der Waals surface area (Å²) >= 11 is 0. The highest BCUT2D eigenvalue weighted by molar-refractivity contribution is 6.00. The summed E-state index contributed by atoms with van der Waals surface area (Å²) in [6.07, 6.45) is 3.72. The largest absolute Gasteiger partial charge is 0.497 e.